The first-order chi connectivity index (χ1) is 8.53. The second-order valence-electron chi connectivity index (χ2n) is 7.14. The van der Waals surface area contributed by atoms with Crippen molar-refractivity contribution in [2.45, 2.75) is 84.4 Å². The van der Waals surface area contributed by atoms with Gasteiger partial charge < -0.3 is 8.85 Å². The third-order valence-electron chi connectivity index (χ3n) is 2.46. The average molecular weight is 305 g/mol. The first-order valence-electron chi connectivity index (χ1n) is 7.43. The minimum Gasteiger partial charge on any atom is -0.520 e. The van der Waals surface area contributed by atoms with Crippen molar-refractivity contribution < 1.29 is 13.6 Å². The maximum absolute atomic E-state index is 11.9. The van der Waals surface area contributed by atoms with Crippen LogP contribution >= 0.6 is 0 Å². The molecule has 0 aromatic heterocycles. The average Bonchev–Trinajstić information content (AvgIpc) is 2.11. The van der Waals surface area contributed by atoms with Gasteiger partial charge >= 0.3 is 0 Å². The van der Waals surface area contributed by atoms with Gasteiger partial charge in [-0.3, -0.25) is 4.79 Å². The van der Waals surface area contributed by atoms with Crippen LogP contribution in [0.3, 0.4) is 0 Å². The van der Waals surface area contributed by atoms with E-state index in [1.807, 2.05) is 19.6 Å². The minimum atomic E-state index is -1.78. The summed E-state index contributed by atoms with van der Waals surface area (Å²) in [5.41, 5.74) is 0. The Balaban J connectivity index is 4.36. The van der Waals surface area contributed by atoms with Gasteiger partial charge in [-0.2, -0.15) is 0 Å². The van der Waals surface area contributed by atoms with E-state index in [9.17, 15) is 4.79 Å². The first-order valence-corrected chi connectivity index (χ1v) is 14.2. The molecule has 0 aliphatic carbocycles. The Bertz CT molecular complexity index is 267. The fourth-order valence-corrected chi connectivity index (χ4v) is 3.86. The number of carbonyl (C=O) groups is 1. The van der Waals surface area contributed by atoms with E-state index in [1.54, 1.807) is 0 Å². The van der Waals surface area contributed by atoms with E-state index in [0.717, 1.165) is 12.8 Å². The molecule has 114 valence electrons. The zero-order valence-electron chi connectivity index (χ0n) is 13.8. The summed E-state index contributed by atoms with van der Waals surface area (Å²) in [7, 11) is -3.38. The summed E-state index contributed by atoms with van der Waals surface area (Å²) < 4.78 is 11.6. The predicted octanol–water partition coefficient (Wildman–Crippen LogP) is 4.56. The van der Waals surface area contributed by atoms with Gasteiger partial charge in [0.2, 0.25) is 8.32 Å². The van der Waals surface area contributed by atoms with Crippen molar-refractivity contribution >= 4 is 22.6 Å². The molecule has 1 atom stereocenters. The lowest BCUT2D eigenvalue weighted by atomic mass is 10.1. The van der Waals surface area contributed by atoms with Gasteiger partial charge in [-0.05, 0) is 45.7 Å². The second-order valence-corrected chi connectivity index (χ2v) is 16.0. The van der Waals surface area contributed by atoms with E-state index in [1.165, 1.54) is 12.8 Å². The molecule has 0 saturated heterocycles. The molecule has 0 aliphatic heterocycles. The normalized spacial score (nSPS) is 14.3. The number of rotatable bonds is 9. The molecule has 19 heavy (non-hydrogen) atoms. The maximum Gasteiger partial charge on any atom is 0.295 e. The summed E-state index contributed by atoms with van der Waals surface area (Å²) in [5, 5.41) is 0. The molecule has 3 nitrogen and oxygen atoms in total. The van der Waals surface area contributed by atoms with Crippen LogP contribution in [0.2, 0.25) is 39.3 Å². The summed E-state index contributed by atoms with van der Waals surface area (Å²) in [6, 6.07) is 0. The van der Waals surface area contributed by atoms with E-state index < -0.39 is 16.6 Å². The molecule has 0 aromatic carbocycles. The molecule has 1 unspecified atom stereocenters. The highest BCUT2D eigenvalue weighted by Gasteiger charge is 2.26. The summed E-state index contributed by atoms with van der Waals surface area (Å²) >= 11 is 0. The third-order valence-corrected chi connectivity index (χ3v) is 4.34. The van der Waals surface area contributed by atoms with Gasteiger partial charge in [0.05, 0.1) is 12.5 Å². The van der Waals surface area contributed by atoms with Crippen LogP contribution in [-0.2, 0) is 13.6 Å². The van der Waals surface area contributed by atoms with Crippen molar-refractivity contribution in [1.29, 1.82) is 0 Å². The number of carbonyl (C=O) groups excluding carboxylic acids is 1. The van der Waals surface area contributed by atoms with Crippen LogP contribution in [0.25, 0.3) is 0 Å². The molecule has 0 rings (SSSR count). The Morgan fingerprint density at radius 3 is 2.00 bits per heavy atom. The fourth-order valence-electron chi connectivity index (χ4n) is 1.89. The van der Waals surface area contributed by atoms with Crippen molar-refractivity contribution in [2.24, 2.45) is 0 Å². The van der Waals surface area contributed by atoms with Crippen molar-refractivity contribution in [3.05, 3.63) is 0 Å². The van der Waals surface area contributed by atoms with Crippen molar-refractivity contribution in [3.8, 4) is 0 Å². The highest BCUT2D eigenvalue weighted by atomic mass is 28.4. The molecule has 0 heterocycles. The Kier molecular flexibility index (Phi) is 8.16. The van der Waals surface area contributed by atoms with Crippen LogP contribution in [0.4, 0.5) is 0 Å². The van der Waals surface area contributed by atoms with Crippen LogP contribution in [-0.4, -0.2) is 28.7 Å². The standard InChI is InChI=1S/C14H32O3Si2/c1-8-9-10-11-13(16-18(2,3)4)12-14(15)17-19(5,6)7/h13H,8-12H2,1-7H3. The molecular weight excluding hydrogens is 272 g/mol. The van der Waals surface area contributed by atoms with Crippen molar-refractivity contribution in [1.82, 2.24) is 0 Å². The topological polar surface area (TPSA) is 35.5 Å². The molecule has 0 bridgehead atoms. The molecule has 0 radical (unpaired) electrons. The molecule has 5 heteroatoms. The molecular formula is C14H32O3Si2. The number of hydrogen-bond donors (Lipinski definition) is 0. The fraction of sp³-hybridized carbons (Fsp3) is 0.929. The van der Waals surface area contributed by atoms with Gasteiger partial charge in [0.15, 0.2) is 8.32 Å². The summed E-state index contributed by atoms with van der Waals surface area (Å²) in [6.07, 6.45) is 4.96. The van der Waals surface area contributed by atoms with Crippen LogP contribution < -0.4 is 0 Å². The van der Waals surface area contributed by atoms with Gasteiger partial charge in [0.25, 0.3) is 5.97 Å². The zero-order chi connectivity index (χ0) is 15.1. The first kappa shape index (κ1) is 18.9. The van der Waals surface area contributed by atoms with Crippen LogP contribution in [0.5, 0.6) is 0 Å². The van der Waals surface area contributed by atoms with Crippen molar-refractivity contribution in [3.63, 3.8) is 0 Å². The van der Waals surface area contributed by atoms with Crippen LogP contribution in [0.1, 0.15) is 39.0 Å². The van der Waals surface area contributed by atoms with Crippen LogP contribution in [0, 0.1) is 0 Å². The second kappa shape index (κ2) is 8.22. The quantitative estimate of drug-likeness (QED) is 0.463. The largest absolute Gasteiger partial charge is 0.520 e. The number of hydrogen-bond acceptors (Lipinski definition) is 3. The summed E-state index contributed by atoms with van der Waals surface area (Å²) in [6.45, 7) is 14.8. The molecule has 0 fully saturated rings. The lowest BCUT2D eigenvalue weighted by Gasteiger charge is -2.27. The molecule has 0 saturated carbocycles. The maximum atomic E-state index is 11.9. The number of unbranched alkanes of at least 4 members (excludes halogenated alkanes) is 2. The SMILES string of the molecule is CCCCCC(CC(=O)O[Si](C)(C)C)O[Si](C)(C)C. The summed E-state index contributed by atoms with van der Waals surface area (Å²) in [4.78, 5) is 11.9. The Morgan fingerprint density at radius 1 is 1.00 bits per heavy atom. The van der Waals surface area contributed by atoms with E-state index in [-0.39, 0.29) is 12.1 Å². The van der Waals surface area contributed by atoms with Gasteiger partial charge in [0, 0.05) is 0 Å². The monoisotopic (exact) mass is 304 g/mol. The van der Waals surface area contributed by atoms with Crippen molar-refractivity contribution in [2.75, 3.05) is 0 Å². The molecule has 0 aromatic rings. The van der Waals surface area contributed by atoms with Gasteiger partial charge in [-0.1, -0.05) is 26.2 Å². The Labute approximate surface area is 121 Å². The summed E-state index contributed by atoms with van der Waals surface area (Å²) in [5.74, 6) is -0.0843. The van der Waals surface area contributed by atoms with Gasteiger partial charge in [0.1, 0.15) is 0 Å². The van der Waals surface area contributed by atoms with E-state index in [2.05, 4.69) is 26.6 Å². The highest BCUT2D eigenvalue weighted by molar-refractivity contribution is 6.71. The lowest BCUT2D eigenvalue weighted by Crippen LogP contribution is -2.36. The smallest absolute Gasteiger partial charge is 0.295 e. The molecule has 0 N–H and O–H groups in total. The molecule has 0 aliphatic rings. The van der Waals surface area contributed by atoms with E-state index >= 15 is 0 Å². The Morgan fingerprint density at radius 2 is 1.58 bits per heavy atom. The molecule has 0 amide bonds. The van der Waals surface area contributed by atoms with Gasteiger partial charge in [-0.25, -0.2) is 0 Å². The molecule has 0 spiro atoms. The van der Waals surface area contributed by atoms with Crippen LogP contribution in [0.15, 0.2) is 0 Å². The Hall–Kier alpha value is -0.136. The zero-order valence-corrected chi connectivity index (χ0v) is 15.8. The lowest BCUT2D eigenvalue weighted by molar-refractivity contribution is -0.137. The van der Waals surface area contributed by atoms with Gasteiger partial charge in [-0.15, -0.1) is 0 Å². The highest BCUT2D eigenvalue weighted by Crippen LogP contribution is 2.18. The van der Waals surface area contributed by atoms with E-state index in [4.69, 9.17) is 8.85 Å². The predicted molar refractivity (Wildman–Crippen MR) is 86.4 cm³/mol. The minimum absolute atomic E-state index is 0.0436. The third kappa shape index (κ3) is 12.6. The van der Waals surface area contributed by atoms with E-state index in [0.29, 0.717) is 6.42 Å².